The summed E-state index contributed by atoms with van der Waals surface area (Å²) >= 11 is 0. The summed E-state index contributed by atoms with van der Waals surface area (Å²) in [6.45, 7) is 8.71. The Hall–Kier alpha value is -2.13. The third-order valence-electron chi connectivity index (χ3n) is 4.26. The summed E-state index contributed by atoms with van der Waals surface area (Å²) in [5, 5.41) is 6.39. The first-order valence-electron chi connectivity index (χ1n) is 8.13. The standard InChI is InChI=1S/C20H26N2O/c1-14-9-5-7-11-18(14)13-21-20(23)17(4)22-16(3)19-12-8-6-10-15(19)2/h5-12,16-17,22H,13H2,1-4H3,(H,21,23). The van der Waals surface area contributed by atoms with Crippen molar-refractivity contribution >= 4 is 5.91 Å². The minimum absolute atomic E-state index is 0.0219. The third-order valence-corrected chi connectivity index (χ3v) is 4.26. The summed E-state index contributed by atoms with van der Waals surface area (Å²) in [5.41, 5.74) is 4.81. The first kappa shape index (κ1) is 17.2. The molecule has 0 saturated carbocycles. The van der Waals surface area contributed by atoms with Crippen LogP contribution in [-0.4, -0.2) is 11.9 Å². The van der Waals surface area contributed by atoms with E-state index in [4.69, 9.17) is 0 Å². The van der Waals surface area contributed by atoms with Crippen molar-refractivity contribution in [3.8, 4) is 0 Å². The molecule has 0 aliphatic rings. The number of carbonyl (C=O) groups is 1. The van der Waals surface area contributed by atoms with Gasteiger partial charge in [0.25, 0.3) is 0 Å². The van der Waals surface area contributed by atoms with E-state index in [-0.39, 0.29) is 18.0 Å². The monoisotopic (exact) mass is 310 g/mol. The molecule has 2 unspecified atom stereocenters. The quantitative estimate of drug-likeness (QED) is 0.855. The molecule has 0 aliphatic heterocycles. The Morgan fingerprint density at radius 1 is 0.957 bits per heavy atom. The van der Waals surface area contributed by atoms with E-state index in [9.17, 15) is 4.79 Å². The van der Waals surface area contributed by atoms with Crippen molar-refractivity contribution in [1.29, 1.82) is 0 Å². The lowest BCUT2D eigenvalue weighted by molar-refractivity contribution is -0.123. The van der Waals surface area contributed by atoms with Crippen molar-refractivity contribution in [1.82, 2.24) is 10.6 Å². The summed E-state index contributed by atoms with van der Waals surface area (Å²) < 4.78 is 0. The summed E-state index contributed by atoms with van der Waals surface area (Å²) in [7, 11) is 0. The molecule has 0 heterocycles. The molecule has 0 bridgehead atoms. The van der Waals surface area contributed by atoms with Crippen LogP contribution in [-0.2, 0) is 11.3 Å². The molecular formula is C20H26N2O. The Kier molecular flexibility index (Phi) is 5.94. The molecule has 3 nitrogen and oxygen atoms in total. The number of nitrogens with one attached hydrogen (secondary N) is 2. The Labute approximate surface area is 139 Å². The number of amides is 1. The van der Waals surface area contributed by atoms with Crippen LogP contribution in [0.1, 0.15) is 42.1 Å². The molecule has 1 amide bonds. The maximum atomic E-state index is 12.3. The van der Waals surface area contributed by atoms with E-state index >= 15 is 0 Å². The molecule has 0 spiro atoms. The average molecular weight is 310 g/mol. The second-order valence-electron chi connectivity index (χ2n) is 6.11. The molecule has 3 heteroatoms. The SMILES string of the molecule is Cc1ccccc1CNC(=O)C(C)NC(C)c1ccccc1C. The zero-order chi connectivity index (χ0) is 16.8. The molecule has 122 valence electrons. The molecule has 2 N–H and O–H groups in total. The molecule has 0 saturated heterocycles. The normalized spacial score (nSPS) is 13.4. The summed E-state index contributed by atoms with van der Waals surface area (Å²) in [6, 6.07) is 16.3. The van der Waals surface area contributed by atoms with E-state index in [2.05, 4.69) is 49.6 Å². The highest BCUT2D eigenvalue weighted by atomic mass is 16.2. The second-order valence-corrected chi connectivity index (χ2v) is 6.11. The van der Waals surface area contributed by atoms with Gasteiger partial charge in [-0.25, -0.2) is 0 Å². The topological polar surface area (TPSA) is 41.1 Å². The van der Waals surface area contributed by atoms with Gasteiger partial charge < -0.3 is 5.32 Å². The van der Waals surface area contributed by atoms with Crippen LogP contribution in [0, 0.1) is 13.8 Å². The predicted octanol–water partition coefficient (Wildman–Crippen LogP) is 3.66. The molecule has 0 radical (unpaired) electrons. The Balaban J connectivity index is 1.90. The number of hydrogen-bond acceptors (Lipinski definition) is 2. The van der Waals surface area contributed by atoms with Crippen LogP contribution in [0.2, 0.25) is 0 Å². The van der Waals surface area contributed by atoms with Gasteiger partial charge in [-0.05, 0) is 49.9 Å². The maximum absolute atomic E-state index is 12.3. The van der Waals surface area contributed by atoms with E-state index in [1.807, 2.05) is 37.3 Å². The van der Waals surface area contributed by atoms with Crippen LogP contribution in [0.5, 0.6) is 0 Å². The Bertz CT molecular complexity index is 666. The fourth-order valence-electron chi connectivity index (χ4n) is 2.76. The van der Waals surface area contributed by atoms with E-state index in [1.54, 1.807) is 0 Å². The van der Waals surface area contributed by atoms with Crippen LogP contribution in [0.25, 0.3) is 0 Å². The van der Waals surface area contributed by atoms with Gasteiger partial charge in [-0.15, -0.1) is 0 Å². The number of aryl methyl sites for hydroxylation is 2. The highest BCUT2D eigenvalue weighted by molar-refractivity contribution is 5.81. The van der Waals surface area contributed by atoms with Crippen LogP contribution < -0.4 is 10.6 Å². The van der Waals surface area contributed by atoms with Gasteiger partial charge >= 0.3 is 0 Å². The third kappa shape index (κ3) is 4.67. The lowest BCUT2D eigenvalue weighted by Gasteiger charge is -2.21. The molecule has 2 rings (SSSR count). The molecule has 0 fully saturated rings. The smallest absolute Gasteiger partial charge is 0.237 e. The van der Waals surface area contributed by atoms with Gasteiger partial charge in [0.1, 0.15) is 0 Å². The van der Waals surface area contributed by atoms with Crippen molar-refractivity contribution in [2.75, 3.05) is 0 Å². The number of rotatable bonds is 6. The number of benzene rings is 2. The van der Waals surface area contributed by atoms with Gasteiger partial charge in [0.15, 0.2) is 0 Å². The lowest BCUT2D eigenvalue weighted by atomic mass is 10.0. The van der Waals surface area contributed by atoms with Gasteiger partial charge in [-0.3, -0.25) is 10.1 Å². The van der Waals surface area contributed by atoms with Crippen LogP contribution >= 0.6 is 0 Å². The van der Waals surface area contributed by atoms with Crippen LogP contribution in [0.15, 0.2) is 48.5 Å². The van der Waals surface area contributed by atoms with Gasteiger partial charge in [-0.2, -0.15) is 0 Å². The van der Waals surface area contributed by atoms with Crippen molar-refractivity contribution in [2.24, 2.45) is 0 Å². The summed E-state index contributed by atoms with van der Waals surface area (Å²) in [4.78, 5) is 12.3. The number of carbonyl (C=O) groups excluding carboxylic acids is 1. The average Bonchev–Trinajstić information content (AvgIpc) is 2.54. The van der Waals surface area contributed by atoms with Gasteiger partial charge in [0, 0.05) is 12.6 Å². The van der Waals surface area contributed by atoms with Crippen molar-refractivity contribution < 1.29 is 4.79 Å². The minimum Gasteiger partial charge on any atom is -0.351 e. The molecule has 2 aromatic rings. The first-order chi connectivity index (χ1) is 11.0. The van der Waals surface area contributed by atoms with E-state index in [1.165, 1.54) is 16.7 Å². The van der Waals surface area contributed by atoms with Crippen molar-refractivity contribution in [3.05, 3.63) is 70.8 Å². The van der Waals surface area contributed by atoms with Crippen LogP contribution in [0.3, 0.4) is 0 Å². The van der Waals surface area contributed by atoms with Gasteiger partial charge in [0.2, 0.25) is 5.91 Å². The lowest BCUT2D eigenvalue weighted by Crippen LogP contribution is -2.43. The molecule has 0 aromatic heterocycles. The molecule has 2 aromatic carbocycles. The molecule has 2 atom stereocenters. The zero-order valence-corrected chi connectivity index (χ0v) is 14.4. The van der Waals surface area contributed by atoms with E-state index < -0.39 is 0 Å². The summed E-state index contributed by atoms with van der Waals surface area (Å²) in [6.07, 6.45) is 0. The maximum Gasteiger partial charge on any atom is 0.237 e. The predicted molar refractivity (Wildman–Crippen MR) is 95.2 cm³/mol. The van der Waals surface area contributed by atoms with Crippen LogP contribution in [0.4, 0.5) is 0 Å². The van der Waals surface area contributed by atoms with Gasteiger partial charge in [-0.1, -0.05) is 48.5 Å². The fraction of sp³-hybridized carbons (Fsp3) is 0.350. The van der Waals surface area contributed by atoms with Gasteiger partial charge in [0.05, 0.1) is 6.04 Å². The molecular weight excluding hydrogens is 284 g/mol. The van der Waals surface area contributed by atoms with E-state index in [0.717, 1.165) is 5.56 Å². The molecule has 0 aliphatic carbocycles. The largest absolute Gasteiger partial charge is 0.351 e. The zero-order valence-electron chi connectivity index (χ0n) is 14.4. The second kappa shape index (κ2) is 7.93. The number of hydrogen-bond donors (Lipinski definition) is 2. The Morgan fingerprint density at radius 3 is 2.22 bits per heavy atom. The Morgan fingerprint density at radius 2 is 1.57 bits per heavy atom. The van der Waals surface area contributed by atoms with Crippen molar-refractivity contribution in [3.63, 3.8) is 0 Å². The summed E-state index contributed by atoms with van der Waals surface area (Å²) in [5.74, 6) is 0.0219. The minimum atomic E-state index is -0.242. The van der Waals surface area contributed by atoms with Crippen molar-refractivity contribution in [2.45, 2.75) is 46.3 Å². The molecule has 23 heavy (non-hydrogen) atoms. The first-order valence-corrected chi connectivity index (χ1v) is 8.13. The highest BCUT2D eigenvalue weighted by Gasteiger charge is 2.17. The highest BCUT2D eigenvalue weighted by Crippen LogP contribution is 2.17. The van der Waals surface area contributed by atoms with E-state index in [0.29, 0.717) is 6.54 Å². The fourth-order valence-corrected chi connectivity index (χ4v) is 2.76.